The number of thiocarbonyl (C=S) groups is 1. The molecule has 2 aromatic carbocycles. The van der Waals surface area contributed by atoms with Crippen LogP contribution in [0.4, 0.5) is 8.78 Å². The van der Waals surface area contributed by atoms with E-state index < -0.39 is 5.82 Å². The van der Waals surface area contributed by atoms with Gasteiger partial charge in [-0.1, -0.05) is 12.2 Å². The quantitative estimate of drug-likeness (QED) is 0.864. The third-order valence-electron chi connectivity index (χ3n) is 2.25. The van der Waals surface area contributed by atoms with E-state index in [0.29, 0.717) is 17.1 Å². The normalized spacial score (nSPS) is 10.1. The average Bonchev–Trinajstić information content (AvgIpc) is 2.34. The van der Waals surface area contributed by atoms with Crippen LogP contribution in [0.3, 0.4) is 0 Å². The highest BCUT2D eigenvalue weighted by Gasteiger charge is 2.09. The lowest BCUT2D eigenvalue weighted by Crippen LogP contribution is -2.11. The summed E-state index contributed by atoms with van der Waals surface area (Å²) in [6, 6.07) is 9.30. The molecule has 0 amide bonds. The zero-order valence-electron chi connectivity index (χ0n) is 9.19. The second-order valence-electron chi connectivity index (χ2n) is 3.56. The first-order valence-corrected chi connectivity index (χ1v) is 5.50. The van der Waals surface area contributed by atoms with Crippen LogP contribution >= 0.6 is 12.2 Å². The second-order valence-corrected chi connectivity index (χ2v) is 4.00. The van der Waals surface area contributed by atoms with E-state index in [4.69, 9.17) is 22.7 Å². The van der Waals surface area contributed by atoms with Crippen molar-refractivity contribution in [2.24, 2.45) is 5.73 Å². The molecule has 2 N–H and O–H groups in total. The Hall–Kier alpha value is -2.01. The van der Waals surface area contributed by atoms with Crippen LogP contribution in [0.25, 0.3) is 0 Å². The van der Waals surface area contributed by atoms with E-state index in [1.165, 1.54) is 42.5 Å². The Balaban J connectivity index is 2.34. The highest BCUT2D eigenvalue weighted by molar-refractivity contribution is 7.80. The molecule has 0 spiro atoms. The van der Waals surface area contributed by atoms with Crippen LogP contribution in [-0.4, -0.2) is 4.99 Å². The third-order valence-corrected chi connectivity index (χ3v) is 2.47. The van der Waals surface area contributed by atoms with Crippen molar-refractivity contribution in [3.63, 3.8) is 0 Å². The molecular formula is C13H9F2NOS. The molecule has 0 aliphatic heterocycles. The molecule has 2 rings (SSSR count). The molecule has 0 aromatic heterocycles. The molecule has 0 saturated carbocycles. The zero-order chi connectivity index (χ0) is 13.1. The maximum atomic E-state index is 13.1. The molecule has 0 aliphatic rings. The first-order chi connectivity index (χ1) is 8.56. The summed E-state index contributed by atoms with van der Waals surface area (Å²) in [7, 11) is 0. The van der Waals surface area contributed by atoms with Crippen LogP contribution in [0, 0.1) is 11.6 Å². The van der Waals surface area contributed by atoms with Crippen molar-refractivity contribution in [3.05, 3.63) is 59.7 Å². The molecule has 0 aliphatic carbocycles. The number of halogens is 2. The van der Waals surface area contributed by atoms with Crippen LogP contribution < -0.4 is 10.5 Å². The molecule has 0 fully saturated rings. The van der Waals surface area contributed by atoms with E-state index in [-0.39, 0.29) is 10.8 Å². The smallest absolute Gasteiger partial charge is 0.137 e. The molecule has 0 bridgehead atoms. The van der Waals surface area contributed by atoms with Gasteiger partial charge in [0, 0.05) is 0 Å². The summed E-state index contributed by atoms with van der Waals surface area (Å²) in [4.78, 5) is 0.0339. The fourth-order valence-electron chi connectivity index (χ4n) is 1.41. The summed E-state index contributed by atoms with van der Waals surface area (Å²) in [5.74, 6) is -0.0729. The SMILES string of the molecule is NC(=S)c1cc(F)ccc1Oc1ccc(F)cc1. The Kier molecular flexibility index (Phi) is 3.53. The third kappa shape index (κ3) is 2.81. The van der Waals surface area contributed by atoms with Crippen LogP contribution in [0.1, 0.15) is 5.56 Å². The predicted octanol–water partition coefficient (Wildman–Crippen LogP) is 3.39. The largest absolute Gasteiger partial charge is 0.457 e. The van der Waals surface area contributed by atoms with E-state index in [9.17, 15) is 8.78 Å². The number of hydrogen-bond acceptors (Lipinski definition) is 2. The van der Waals surface area contributed by atoms with Gasteiger partial charge in [-0.3, -0.25) is 0 Å². The lowest BCUT2D eigenvalue weighted by molar-refractivity contribution is 0.477. The molecule has 0 saturated heterocycles. The fourth-order valence-corrected chi connectivity index (χ4v) is 1.57. The van der Waals surface area contributed by atoms with E-state index in [1.54, 1.807) is 0 Å². The summed E-state index contributed by atoms with van der Waals surface area (Å²) < 4.78 is 31.3. The summed E-state index contributed by atoms with van der Waals surface area (Å²) in [5, 5.41) is 0. The van der Waals surface area contributed by atoms with Crippen molar-refractivity contribution in [2.75, 3.05) is 0 Å². The topological polar surface area (TPSA) is 35.2 Å². The van der Waals surface area contributed by atoms with Crippen molar-refractivity contribution in [2.45, 2.75) is 0 Å². The lowest BCUT2D eigenvalue weighted by Gasteiger charge is -2.10. The van der Waals surface area contributed by atoms with Crippen molar-refractivity contribution in [1.82, 2.24) is 0 Å². The van der Waals surface area contributed by atoms with Gasteiger partial charge in [-0.2, -0.15) is 0 Å². The van der Waals surface area contributed by atoms with Crippen LogP contribution in [0.2, 0.25) is 0 Å². The van der Waals surface area contributed by atoms with Gasteiger partial charge in [-0.15, -0.1) is 0 Å². The average molecular weight is 265 g/mol. The summed E-state index contributed by atoms with van der Waals surface area (Å²) >= 11 is 4.82. The van der Waals surface area contributed by atoms with E-state index in [0.717, 1.165) is 0 Å². The van der Waals surface area contributed by atoms with Crippen LogP contribution in [0.5, 0.6) is 11.5 Å². The van der Waals surface area contributed by atoms with Gasteiger partial charge in [0.15, 0.2) is 0 Å². The van der Waals surface area contributed by atoms with Gasteiger partial charge < -0.3 is 10.5 Å². The minimum absolute atomic E-state index is 0.0339. The van der Waals surface area contributed by atoms with Crippen molar-refractivity contribution < 1.29 is 13.5 Å². The summed E-state index contributed by atoms with van der Waals surface area (Å²) in [5.41, 5.74) is 5.79. The highest BCUT2D eigenvalue weighted by Crippen LogP contribution is 2.26. The minimum Gasteiger partial charge on any atom is -0.457 e. The lowest BCUT2D eigenvalue weighted by atomic mass is 10.2. The van der Waals surface area contributed by atoms with Gasteiger partial charge in [0.25, 0.3) is 0 Å². The number of ether oxygens (including phenoxy) is 1. The molecule has 0 unspecified atom stereocenters. The van der Waals surface area contributed by atoms with Gasteiger partial charge in [-0.25, -0.2) is 8.78 Å². The van der Waals surface area contributed by atoms with Gasteiger partial charge in [0.2, 0.25) is 0 Å². The fraction of sp³-hybridized carbons (Fsp3) is 0. The van der Waals surface area contributed by atoms with Gasteiger partial charge >= 0.3 is 0 Å². The van der Waals surface area contributed by atoms with Crippen molar-refractivity contribution in [3.8, 4) is 11.5 Å². The summed E-state index contributed by atoms with van der Waals surface area (Å²) in [6.45, 7) is 0. The van der Waals surface area contributed by atoms with Crippen molar-refractivity contribution >= 4 is 17.2 Å². The predicted molar refractivity (Wildman–Crippen MR) is 68.8 cm³/mol. The highest BCUT2D eigenvalue weighted by atomic mass is 32.1. The zero-order valence-corrected chi connectivity index (χ0v) is 10.0. The first-order valence-electron chi connectivity index (χ1n) is 5.09. The first kappa shape index (κ1) is 12.4. The second kappa shape index (κ2) is 5.10. The van der Waals surface area contributed by atoms with Gasteiger partial charge in [0.1, 0.15) is 28.1 Å². The molecule has 18 heavy (non-hydrogen) atoms. The monoisotopic (exact) mass is 265 g/mol. The van der Waals surface area contributed by atoms with E-state index in [1.807, 2.05) is 0 Å². The maximum Gasteiger partial charge on any atom is 0.137 e. The molecule has 0 radical (unpaired) electrons. The molecule has 2 aromatic rings. The van der Waals surface area contributed by atoms with Crippen LogP contribution in [0.15, 0.2) is 42.5 Å². The Labute approximate surface area is 108 Å². The molecule has 0 atom stereocenters. The Bertz CT molecular complexity index is 584. The van der Waals surface area contributed by atoms with Crippen LogP contribution in [-0.2, 0) is 0 Å². The summed E-state index contributed by atoms with van der Waals surface area (Å²) in [6.07, 6.45) is 0. The van der Waals surface area contributed by atoms with Gasteiger partial charge in [-0.05, 0) is 42.5 Å². The minimum atomic E-state index is -0.454. The molecule has 92 valence electrons. The maximum absolute atomic E-state index is 13.1. The van der Waals surface area contributed by atoms with E-state index >= 15 is 0 Å². The number of nitrogens with two attached hydrogens (primary N) is 1. The number of benzene rings is 2. The molecule has 2 nitrogen and oxygen atoms in total. The Morgan fingerprint density at radius 2 is 1.61 bits per heavy atom. The number of hydrogen-bond donors (Lipinski definition) is 1. The van der Waals surface area contributed by atoms with Crippen molar-refractivity contribution in [1.29, 1.82) is 0 Å². The molecule has 5 heteroatoms. The van der Waals surface area contributed by atoms with E-state index in [2.05, 4.69) is 0 Å². The van der Waals surface area contributed by atoms with Gasteiger partial charge in [0.05, 0.1) is 5.56 Å². The Morgan fingerprint density at radius 1 is 1.00 bits per heavy atom. The Morgan fingerprint density at radius 3 is 2.22 bits per heavy atom. The number of rotatable bonds is 3. The molecular weight excluding hydrogens is 256 g/mol. The molecule has 0 heterocycles. The standard InChI is InChI=1S/C13H9F2NOS/c14-8-1-4-10(5-2-8)17-12-6-3-9(15)7-11(12)13(16)18/h1-7H,(H2,16,18).